The predicted octanol–water partition coefficient (Wildman–Crippen LogP) is 3.16. The van der Waals surface area contributed by atoms with Gasteiger partial charge in [-0.05, 0) is 44.3 Å². The van der Waals surface area contributed by atoms with Crippen LogP contribution < -0.4 is 10.6 Å². The molecule has 0 unspecified atom stereocenters. The van der Waals surface area contributed by atoms with Crippen LogP contribution in [0.15, 0.2) is 60.0 Å². The molecular formula is C25H27N5O3S. The van der Waals surface area contributed by atoms with E-state index in [2.05, 4.69) is 20.5 Å². The second-order valence-electron chi connectivity index (χ2n) is 8.34. The normalized spacial score (nSPS) is 13.6. The molecule has 4 rings (SSSR count). The molecule has 0 spiro atoms. The smallest absolute Gasteiger partial charge is 0.270 e. The van der Waals surface area contributed by atoms with Crippen LogP contribution >= 0.6 is 11.3 Å². The van der Waals surface area contributed by atoms with Crippen molar-refractivity contribution in [2.45, 2.75) is 19.0 Å². The van der Waals surface area contributed by atoms with E-state index in [-0.39, 0.29) is 23.4 Å². The summed E-state index contributed by atoms with van der Waals surface area (Å²) in [5.74, 6) is -0.837. The summed E-state index contributed by atoms with van der Waals surface area (Å²) in [6, 6.07) is 15.8. The standard InChI is InChI=1S/C25H27N5O3S/c1-29(2)14-8-13-26-22(31)20-16-34-25(27-20)28-23(32)21(17-9-4-3-5-10-17)30-15-18-11-6-7-12-19(18)24(30)33/h3-7,9-12,16,21H,8,13-15H2,1-2H3,(H,26,31)(H,27,28,32)/t21-/m1/s1. The molecule has 34 heavy (non-hydrogen) atoms. The lowest BCUT2D eigenvalue weighted by atomic mass is 10.0. The fraction of sp³-hybridized carbons (Fsp3) is 0.280. The van der Waals surface area contributed by atoms with Crippen molar-refractivity contribution in [3.63, 3.8) is 0 Å². The number of hydrogen-bond acceptors (Lipinski definition) is 6. The summed E-state index contributed by atoms with van der Waals surface area (Å²) in [6.45, 7) is 1.77. The number of amides is 3. The molecule has 3 aromatic rings. The number of thiazole rings is 1. The van der Waals surface area contributed by atoms with Gasteiger partial charge in [-0.25, -0.2) is 4.98 Å². The molecule has 9 heteroatoms. The molecule has 0 saturated heterocycles. The number of rotatable bonds is 9. The highest BCUT2D eigenvalue weighted by Gasteiger charge is 2.37. The van der Waals surface area contributed by atoms with E-state index < -0.39 is 6.04 Å². The Labute approximate surface area is 202 Å². The van der Waals surface area contributed by atoms with Gasteiger partial charge in [0.1, 0.15) is 11.7 Å². The third-order valence-electron chi connectivity index (χ3n) is 5.56. The van der Waals surface area contributed by atoms with E-state index >= 15 is 0 Å². The van der Waals surface area contributed by atoms with E-state index in [0.29, 0.717) is 29.3 Å². The number of hydrogen-bond donors (Lipinski definition) is 2. The number of nitrogens with zero attached hydrogens (tertiary/aromatic N) is 3. The Morgan fingerprint density at radius 1 is 1.12 bits per heavy atom. The zero-order valence-corrected chi connectivity index (χ0v) is 20.0. The lowest BCUT2D eigenvalue weighted by molar-refractivity contribution is -0.120. The molecule has 3 amide bonds. The zero-order valence-electron chi connectivity index (χ0n) is 19.2. The third kappa shape index (κ3) is 5.32. The van der Waals surface area contributed by atoms with Gasteiger partial charge in [-0.15, -0.1) is 11.3 Å². The van der Waals surface area contributed by atoms with Gasteiger partial charge < -0.3 is 15.1 Å². The Morgan fingerprint density at radius 2 is 1.85 bits per heavy atom. The maximum atomic E-state index is 13.4. The third-order valence-corrected chi connectivity index (χ3v) is 6.32. The maximum absolute atomic E-state index is 13.4. The van der Waals surface area contributed by atoms with E-state index in [0.717, 1.165) is 18.5 Å². The number of carbonyl (C=O) groups excluding carboxylic acids is 3. The Kier molecular flexibility index (Phi) is 7.34. The van der Waals surface area contributed by atoms with Gasteiger partial charge in [0.25, 0.3) is 17.7 Å². The molecule has 1 atom stereocenters. The summed E-state index contributed by atoms with van der Waals surface area (Å²) >= 11 is 1.18. The van der Waals surface area contributed by atoms with Gasteiger partial charge in [-0.3, -0.25) is 19.7 Å². The minimum absolute atomic E-state index is 0.184. The Bertz CT molecular complexity index is 1180. The molecule has 2 N–H and O–H groups in total. The number of nitrogens with one attached hydrogen (secondary N) is 2. The second kappa shape index (κ2) is 10.6. The van der Waals surface area contributed by atoms with E-state index in [9.17, 15) is 14.4 Å². The molecule has 176 valence electrons. The minimum atomic E-state index is -0.826. The molecule has 0 saturated carbocycles. The molecule has 1 aromatic heterocycles. The monoisotopic (exact) mass is 477 g/mol. The SMILES string of the molecule is CN(C)CCCNC(=O)c1csc(NC(=O)[C@@H](c2ccccc2)N2Cc3ccccc3C2=O)n1. The summed E-state index contributed by atoms with van der Waals surface area (Å²) in [4.78, 5) is 46.8. The Morgan fingerprint density at radius 3 is 2.59 bits per heavy atom. The Balaban J connectivity index is 1.47. The molecule has 0 radical (unpaired) electrons. The maximum Gasteiger partial charge on any atom is 0.270 e. The highest BCUT2D eigenvalue weighted by molar-refractivity contribution is 7.14. The van der Waals surface area contributed by atoms with Crippen molar-refractivity contribution in [1.29, 1.82) is 0 Å². The quantitative estimate of drug-likeness (QED) is 0.462. The summed E-state index contributed by atoms with van der Waals surface area (Å²) in [7, 11) is 3.96. The first kappa shape index (κ1) is 23.6. The molecule has 0 bridgehead atoms. The van der Waals surface area contributed by atoms with Gasteiger partial charge >= 0.3 is 0 Å². The van der Waals surface area contributed by atoms with Crippen molar-refractivity contribution in [3.8, 4) is 0 Å². The van der Waals surface area contributed by atoms with Crippen LogP contribution in [0.25, 0.3) is 0 Å². The summed E-state index contributed by atoms with van der Waals surface area (Å²) < 4.78 is 0. The molecule has 8 nitrogen and oxygen atoms in total. The van der Waals surface area contributed by atoms with E-state index in [4.69, 9.17) is 0 Å². The summed E-state index contributed by atoms with van der Waals surface area (Å²) in [5, 5.41) is 7.58. The molecule has 1 aliphatic rings. The largest absolute Gasteiger partial charge is 0.351 e. The topological polar surface area (TPSA) is 94.6 Å². The van der Waals surface area contributed by atoms with Crippen LogP contribution in [0.4, 0.5) is 5.13 Å². The van der Waals surface area contributed by atoms with Gasteiger partial charge in [0.15, 0.2) is 5.13 Å². The first-order valence-corrected chi connectivity index (χ1v) is 11.9. The second-order valence-corrected chi connectivity index (χ2v) is 9.20. The van der Waals surface area contributed by atoms with E-state index in [1.54, 1.807) is 16.3 Å². The highest BCUT2D eigenvalue weighted by atomic mass is 32.1. The van der Waals surface area contributed by atoms with Gasteiger partial charge in [-0.2, -0.15) is 0 Å². The molecule has 0 fully saturated rings. The van der Waals surface area contributed by atoms with Crippen LogP contribution in [0.3, 0.4) is 0 Å². The lowest BCUT2D eigenvalue weighted by Gasteiger charge is -2.27. The van der Waals surface area contributed by atoms with Crippen LogP contribution in [0.5, 0.6) is 0 Å². The van der Waals surface area contributed by atoms with Crippen molar-refractivity contribution in [3.05, 3.63) is 82.4 Å². The number of fused-ring (bicyclic) bond motifs is 1. The van der Waals surface area contributed by atoms with Gasteiger partial charge in [0.2, 0.25) is 0 Å². The van der Waals surface area contributed by atoms with E-state index in [1.807, 2.05) is 62.6 Å². The van der Waals surface area contributed by atoms with Gasteiger partial charge in [0.05, 0.1) is 0 Å². The van der Waals surface area contributed by atoms with Gasteiger partial charge in [-0.1, -0.05) is 48.5 Å². The van der Waals surface area contributed by atoms with Crippen LogP contribution in [-0.2, 0) is 11.3 Å². The van der Waals surface area contributed by atoms with Crippen LogP contribution in [-0.4, -0.2) is 59.7 Å². The van der Waals surface area contributed by atoms with Crippen molar-refractivity contribution >= 4 is 34.2 Å². The minimum Gasteiger partial charge on any atom is -0.351 e. The summed E-state index contributed by atoms with van der Waals surface area (Å²) in [6.07, 6.45) is 0.831. The van der Waals surface area contributed by atoms with Crippen molar-refractivity contribution < 1.29 is 14.4 Å². The number of carbonyl (C=O) groups is 3. The molecule has 2 aromatic carbocycles. The van der Waals surface area contributed by atoms with Gasteiger partial charge in [0, 0.05) is 24.0 Å². The average molecular weight is 478 g/mol. The van der Waals surface area contributed by atoms with E-state index in [1.165, 1.54) is 11.3 Å². The van der Waals surface area contributed by atoms with Crippen LogP contribution in [0.1, 0.15) is 44.4 Å². The predicted molar refractivity (Wildman–Crippen MR) is 132 cm³/mol. The van der Waals surface area contributed by atoms with Crippen molar-refractivity contribution in [2.24, 2.45) is 0 Å². The van der Waals surface area contributed by atoms with Crippen molar-refractivity contribution in [1.82, 2.24) is 20.1 Å². The Hall–Kier alpha value is -3.56. The highest BCUT2D eigenvalue weighted by Crippen LogP contribution is 2.32. The first-order chi connectivity index (χ1) is 16.4. The fourth-order valence-corrected chi connectivity index (χ4v) is 4.58. The zero-order chi connectivity index (χ0) is 24.1. The van der Waals surface area contributed by atoms with Crippen molar-refractivity contribution in [2.75, 3.05) is 32.5 Å². The van der Waals surface area contributed by atoms with Crippen LogP contribution in [0.2, 0.25) is 0 Å². The summed E-state index contributed by atoms with van der Waals surface area (Å²) in [5.41, 5.74) is 2.46. The number of benzene rings is 2. The first-order valence-electron chi connectivity index (χ1n) is 11.1. The number of aromatic nitrogens is 1. The molecule has 2 heterocycles. The number of anilines is 1. The molecule has 0 aliphatic carbocycles. The van der Waals surface area contributed by atoms with Crippen LogP contribution in [0, 0.1) is 0 Å². The average Bonchev–Trinajstić information content (AvgIpc) is 3.42. The lowest BCUT2D eigenvalue weighted by Crippen LogP contribution is -2.37. The fourth-order valence-electron chi connectivity index (χ4n) is 3.89. The molecular weight excluding hydrogens is 450 g/mol. The molecule has 1 aliphatic heterocycles.